The fourth-order valence-electron chi connectivity index (χ4n) is 2.65. The van der Waals surface area contributed by atoms with Crippen molar-refractivity contribution in [2.45, 2.75) is 72.0 Å². The van der Waals surface area contributed by atoms with Gasteiger partial charge in [-0.15, -0.1) is 0 Å². The molecule has 0 aromatic carbocycles. The summed E-state index contributed by atoms with van der Waals surface area (Å²) in [7, 11) is 0. The number of hydrogen-bond donors (Lipinski definition) is 2. The lowest BCUT2D eigenvalue weighted by molar-refractivity contribution is -0.124. The predicted octanol–water partition coefficient (Wildman–Crippen LogP) is 1.74. The van der Waals surface area contributed by atoms with Gasteiger partial charge in [-0.1, -0.05) is 20.8 Å². The Labute approximate surface area is 112 Å². The molecule has 3 N–H and O–H groups in total. The van der Waals surface area contributed by atoms with E-state index in [1.54, 1.807) is 0 Å². The Morgan fingerprint density at radius 2 is 1.83 bits per heavy atom. The van der Waals surface area contributed by atoms with Gasteiger partial charge in [-0.2, -0.15) is 0 Å². The smallest absolute Gasteiger partial charge is 0.237 e. The first-order valence-corrected chi connectivity index (χ1v) is 7.13. The zero-order chi connectivity index (χ0) is 14.3. The molecule has 18 heavy (non-hydrogen) atoms. The highest BCUT2D eigenvalue weighted by molar-refractivity contribution is 5.84. The molecular weight excluding hydrogens is 226 g/mol. The normalized spacial score (nSPS) is 18.4. The van der Waals surface area contributed by atoms with Crippen LogP contribution < -0.4 is 11.1 Å². The Balaban J connectivity index is 4.76. The van der Waals surface area contributed by atoms with Crippen molar-refractivity contribution in [1.29, 1.82) is 0 Å². The van der Waals surface area contributed by atoms with E-state index < -0.39 is 5.54 Å². The van der Waals surface area contributed by atoms with Crippen LogP contribution in [-0.2, 0) is 4.79 Å². The van der Waals surface area contributed by atoms with E-state index in [0.717, 1.165) is 25.9 Å². The van der Waals surface area contributed by atoms with Crippen LogP contribution in [0.1, 0.15) is 54.4 Å². The molecule has 0 aromatic heterocycles. The fraction of sp³-hybridized carbons (Fsp3) is 0.929. The standard InChI is InChI=1S/C14H31N3O/c1-7-11(4)17(9-3)12(5)10-14(6,13(15)18)16-8-2/h11-12,16H,7-10H2,1-6H3,(H2,15,18). The van der Waals surface area contributed by atoms with E-state index in [1.165, 1.54) is 0 Å². The van der Waals surface area contributed by atoms with Crippen molar-refractivity contribution in [3.8, 4) is 0 Å². The number of primary amides is 1. The summed E-state index contributed by atoms with van der Waals surface area (Å²) in [6, 6.07) is 0.866. The Morgan fingerprint density at radius 3 is 2.17 bits per heavy atom. The topological polar surface area (TPSA) is 58.4 Å². The summed E-state index contributed by atoms with van der Waals surface area (Å²) in [5.74, 6) is -0.267. The second kappa shape index (κ2) is 7.74. The summed E-state index contributed by atoms with van der Waals surface area (Å²) in [6.45, 7) is 14.4. The van der Waals surface area contributed by atoms with Crippen LogP contribution in [0.2, 0.25) is 0 Å². The van der Waals surface area contributed by atoms with Crippen molar-refractivity contribution in [2.24, 2.45) is 5.73 Å². The molecule has 4 nitrogen and oxygen atoms in total. The molecule has 1 amide bonds. The number of carbonyl (C=O) groups is 1. The summed E-state index contributed by atoms with van der Waals surface area (Å²) >= 11 is 0. The third kappa shape index (κ3) is 4.58. The first-order valence-electron chi connectivity index (χ1n) is 7.13. The number of hydrogen-bond acceptors (Lipinski definition) is 3. The van der Waals surface area contributed by atoms with E-state index in [1.807, 2.05) is 13.8 Å². The Morgan fingerprint density at radius 1 is 1.28 bits per heavy atom. The van der Waals surface area contributed by atoms with Crippen molar-refractivity contribution >= 4 is 5.91 Å². The summed E-state index contributed by atoms with van der Waals surface area (Å²) in [4.78, 5) is 14.1. The quantitative estimate of drug-likeness (QED) is 0.661. The lowest BCUT2D eigenvalue weighted by Gasteiger charge is -2.38. The van der Waals surface area contributed by atoms with Gasteiger partial charge in [-0.25, -0.2) is 0 Å². The van der Waals surface area contributed by atoms with Crippen LogP contribution in [0.3, 0.4) is 0 Å². The zero-order valence-electron chi connectivity index (χ0n) is 12.9. The molecule has 0 heterocycles. The van der Waals surface area contributed by atoms with Gasteiger partial charge in [0.1, 0.15) is 0 Å². The van der Waals surface area contributed by atoms with Crippen LogP contribution in [0.4, 0.5) is 0 Å². The average Bonchev–Trinajstić information content (AvgIpc) is 2.29. The molecule has 0 fully saturated rings. The molecule has 4 heteroatoms. The molecule has 0 aromatic rings. The van der Waals surface area contributed by atoms with Crippen molar-refractivity contribution in [3.05, 3.63) is 0 Å². The monoisotopic (exact) mass is 257 g/mol. The minimum atomic E-state index is -0.616. The highest BCUT2D eigenvalue weighted by Gasteiger charge is 2.33. The van der Waals surface area contributed by atoms with Gasteiger partial charge in [0.05, 0.1) is 5.54 Å². The number of carbonyl (C=O) groups excluding carboxylic acids is 1. The third-order valence-corrected chi connectivity index (χ3v) is 3.90. The molecule has 0 spiro atoms. The predicted molar refractivity (Wildman–Crippen MR) is 77.5 cm³/mol. The van der Waals surface area contributed by atoms with Crippen molar-refractivity contribution in [2.75, 3.05) is 13.1 Å². The maximum atomic E-state index is 11.6. The Kier molecular flexibility index (Phi) is 7.48. The van der Waals surface area contributed by atoms with E-state index in [2.05, 4.69) is 37.9 Å². The average molecular weight is 257 g/mol. The summed E-state index contributed by atoms with van der Waals surface area (Å²) in [5, 5.41) is 3.22. The molecule has 0 aliphatic heterocycles. The first-order chi connectivity index (χ1) is 8.32. The number of nitrogens with two attached hydrogens (primary N) is 1. The number of rotatable bonds is 9. The van der Waals surface area contributed by atoms with Crippen LogP contribution in [-0.4, -0.2) is 41.5 Å². The van der Waals surface area contributed by atoms with E-state index >= 15 is 0 Å². The van der Waals surface area contributed by atoms with Gasteiger partial charge in [0.25, 0.3) is 0 Å². The van der Waals surface area contributed by atoms with E-state index in [-0.39, 0.29) is 5.91 Å². The van der Waals surface area contributed by atoms with Gasteiger partial charge in [0.15, 0.2) is 0 Å². The maximum Gasteiger partial charge on any atom is 0.237 e. The van der Waals surface area contributed by atoms with Gasteiger partial charge in [-0.05, 0) is 46.7 Å². The third-order valence-electron chi connectivity index (χ3n) is 3.90. The van der Waals surface area contributed by atoms with Crippen LogP contribution in [0.15, 0.2) is 0 Å². The first kappa shape index (κ1) is 17.4. The van der Waals surface area contributed by atoms with Crippen molar-refractivity contribution in [1.82, 2.24) is 10.2 Å². The van der Waals surface area contributed by atoms with Gasteiger partial charge >= 0.3 is 0 Å². The fourth-order valence-corrected chi connectivity index (χ4v) is 2.65. The summed E-state index contributed by atoms with van der Waals surface area (Å²) in [5.41, 5.74) is 4.92. The molecule has 3 unspecified atom stereocenters. The van der Waals surface area contributed by atoms with Crippen LogP contribution >= 0.6 is 0 Å². The molecule has 0 aliphatic carbocycles. The Hall–Kier alpha value is -0.610. The highest BCUT2D eigenvalue weighted by atomic mass is 16.1. The molecule has 3 atom stereocenters. The van der Waals surface area contributed by atoms with Crippen LogP contribution in [0.5, 0.6) is 0 Å². The van der Waals surface area contributed by atoms with Crippen molar-refractivity contribution in [3.63, 3.8) is 0 Å². The van der Waals surface area contributed by atoms with E-state index in [9.17, 15) is 4.79 Å². The largest absolute Gasteiger partial charge is 0.368 e. The van der Waals surface area contributed by atoms with Gasteiger partial charge in [0.2, 0.25) is 5.91 Å². The second-order valence-corrected chi connectivity index (χ2v) is 5.37. The number of amides is 1. The van der Waals surface area contributed by atoms with Crippen LogP contribution in [0, 0.1) is 0 Å². The highest BCUT2D eigenvalue weighted by Crippen LogP contribution is 2.19. The van der Waals surface area contributed by atoms with E-state index in [0.29, 0.717) is 12.1 Å². The lowest BCUT2D eigenvalue weighted by atomic mass is 9.91. The molecule has 0 saturated heterocycles. The SMILES string of the molecule is CCNC(C)(CC(C)N(CC)C(C)CC)C(N)=O. The van der Waals surface area contributed by atoms with E-state index in [4.69, 9.17) is 5.73 Å². The number of nitrogens with one attached hydrogen (secondary N) is 1. The van der Waals surface area contributed by atoms with Crippen LogP contribution in [0.25, 0.3) is 0 Å². The van der Waals surface area contributed by atoms with Gasteiger partial charge in [0, 0.05) is 12.1 Å². The summed E-state index contributed by atoms with van der Waals surface area (Å²) < 4.78 is 0. The molecular formula is C14H31N3O. The minimum Gasteiger partial charge on any atom is -0.368 e. The molecule has 0 rings (SSSR count). The molecule has 108 valence electrons. The summed E-state index contributed by atoms with van der Waals surface area (Å²) in [6.07, 6.45) is 1.86. The molecule has 0 radical (unpaired) electrons. The zero-order valence-corrected chi connectivity index (χ0v) is 12.9. The minimum absolute atomic E-state index is 0.267. The molecule has 0 aliphatic rings. The lowest BCUT2D eigenvalue weighted by Crippen LogP contribution is -2.57. The van der Waals surface area contributed by atoms with Crippen molar-refractivity contribution < 1.29 is 4.79 Å². The molecule has 0 bridgehead atoms. The maximum absolute atomic E-state index is 11.6. The van der Waals surface area contributed by atoms with Gasteiger partial charge < -0.3 is 11.1 Å². The Bertz CT molecular complexity index is 257. The molecule has 0 saturated carbocycles. The van der Waals surface area contributed by atoms with Gasteiger partial charge in [-0.3, -0.25) is 9.69 Å². The number of nitrogens with zero attached hydrogens (tertiary/aromatic N) is 1. The number of likely N-dealkylation sites (N-methyl/N-ethyl adjacent to an activating group) is 1. The second-order valence-electron chi connectivity index (χ2n) is 5.37.